The van der Waals surface area contributed by atoms with Crippen molar-refractivity contribution in [3.8, 4) is 0 Å². The Bertz CT molecular complexity index is 1360. The summed E-state index contributed by atoms with van der Waals surface area (Å²) in [5.74, 6) is -0.631. The van der Waals surface area contributed by atoms with Crippen molar-refractivity contribution >= 4 is 54.6 Å². The van der Waals surface area contributed by atoms with Gasteiger partial charge >= 0.3 is 0 Å². The van der Waals surface area contributed by atoms with Gasteiger partial charge in [-0.15, -0.1) is 0 Å². The Morgan fingerprint density at radius 1 is 0.909 bits per heavy atom. The molecule has 0 aromatic heterocycles. The summed E-state index contributed by atoms with van der Waals surface area (Å²) in [6.45, 7) is -0.549. The normalized spacial score (nSPS) is 11.6. The first-order valence-electron chi connectivity index (χ1n) is 9.66. The molecule has 0 aliphatic rings. The number of halogens is 1. The van der Waals surface area contributed by atoms with E-state index < -0.39 is 32.5 Å². The molecule has 0 aliphatic heterocycles. The summed E-state index contributed by atoms with van der Waals surface area (Å²) >= 11 is 6.25. The molecule has 0 saturated heterocycles. The third-order valence-corrected chi connectivity index (χ3v) is 8.03. The van der Waals surface area contributed by atoms with Crippen LogP contribution in [-0.2, 0) is 24.8 Å². The molecule has 0 unspecified atom stereocenters. The monoisotopic (exact) mass is 507 g/mol. The SMILES string of the molecule is CN(c1cccc(NC(=O)CN(c2ccccc2Cl)S(=O)(=O)c2ccccc2)c1)S(C)(=O)=O. The molecule has 0 spiro atoms. The van der Waals surface area contributed by atoms with Crippen LogP contribution in [0.15, 0.2) is 83.8 Å². The average Bonchev–Trinajstić information content (AvgIpc) is 2.77. The van der Waals surface area contributed by atoms with Gasteiger partial charge in [0.2, 0.25) is 15.9 Å². The summed E-state index contributed by atoms with van der Waals surface area (Å²) in [6.07, 6.45) is 1.06. The maximum absolute atomic E-state index is 13.3. The van der Waals surface area contributed by atoms with Gasteiger partial charge in [-0.1, -0.05) is 48.0 Å². The molecule has 0 radical (unpaired) electrons. The van der Waals surface area contributed by atoms with E-state index in [1.165, 1.54) is 37.4 Å². The molecule has 33 heavy (non-hydrogen) atoms. The smallest absolute Gasteiger partial charge is 0.264 e. The lowest BCUT2D eigenvalue weighted by atomic mass is 10.2. The zero-order chi connectivity index (χ0) is 24.2. The van der Waals surface area contributed by atoms with Crippen LogP contribution in [0.1, 0.15) is 0 Å². The molecular formula is C22H22ClN3O5S2. The second-order valence-electron chi connectivity index (χ2n) is 7.11. The number of para-hydroxylation sites is 1. The lowest BCUT2D eigenvalue weighted by molar-refractivity contribution is -0.114. The molecule has 0 saturated carbocycles. The molecule has 1 N–H and O–H groups in total. The highest BCUT2D eigenvalue weighted by atomic mass is 35.5. The van der Waals surface area contributed by atoms with E-state index in [4.69, 9.17) is 11.6 Å². The molecule has 3 aromatic rings. The van der Waals surface area contributed by atoms with Crippen LogP contribution < -0.4 is 13.9 Å². The van der Waals surface area contributed by atoms with Crippen LogP contribution in [0, 0.1) is 0 Å². The first-order chi connectivity index (χ1) is 15.5. The summed E-state index contributed by atoms with van der Waals surface area (Å²) in [5, 5.41) is 2.79. The number of rotatable bonds is 8. The van der Waals surface area contributed by atoms with Gasteiger partial charge in [-0.25, -0.2) is 16.8 Å². The third kappa shape index (κ3) is 5.84. The number of benzene rings is 3. The minimum atomic E-state index is -4.10. The number of nitrogens with zero attached hydrogens (tertiary/aromatic N) is 2. The summed E-state index contributed by atoms with van der Waals surface area (Å²) in [5.41, 5.74) is 0.808. The second-order valence-corrected chi connectivity index (χ2v) is 11.4. The van der Waals surface area contributed by atoms with Crippen LogP contribution in [0.3, 0.4) is 0 Å². The third-order valence-electron chi connectivity index (χ3n) is 4.73. The van der Waals surface area contributed by atoms with Crippen molar-refractivity contribution in [1.29, 1.82) is 0 Å². The number of hydrogen-bond donors (Lipinski definition) is 1. The van der Waals surface area contributed by atoms with E-state index in [-0.39, 0.29) is 15.6 Å². The minimum absolute atomic E-state index is 0.00879. The quantitative estimate of drug-likeness (QED) is 0.502. The van der Waals surface area contributed by atoms with E-state index >= 15 is 0 Å². The van der Waals surface area contributed by atoms with Crippen LogP contribution in [0.25, 0.3) is 0 Å². The van der Waals surface area contributed by atoms with Crippen molar-refractivity contribution in [3.05, 3.63) is 83.9 Å². The number of hydrogen-bond acceptors (Lipinski definition) is 5. The average molecular weight is 508 g/mol. The number of anilines is 3. The lowest BCUT2D eigenvalue weighted by Gasteiger charge is -2.25. The van der Waals surface area contributed by atoms with Gasteiger partial charge in [0.05, 0.1) is 27.5 Å². The minimum Gasteiger partial charge on any atom is -0.324 e. The van der Waals surface area contributed by atoms with Crippen molar-refractivity contribution in [1.82, 2.24) is 0 Å². The van der Waals surface area contributed by atoms with Gasteiger partial charge in [0.25, 0.3) is 10.0 Å². The molecule has 0 heterocycles. The molecule has 174 valence electrons. The van der Waals surface area contributed by atoms with Crippen LogP contribution in [0.5, 0.6) is 0 Å². The van der Waals surface area contributed by atoms with Crippen molar-refractivity contribution in [2.24, 2.45) is 0 Å². The molecule has 8 nitrogen and oxygen atoms in total. The zero-order valence-corrected chi connectivity index (χ0v) is 20.2. The largest absolute Gasteiger partial charge is 0.324 e. The maximum atomic E-state index is 13.3. The maximum Gasteiger partial charge on any atom is 0.264 e. The summed E-state index contributed by atoms with van der Waals surface area (Å²) in [7, 11) is -6.21. The number of carbonyl (C=O) groups is 1. The first kappa shape index (κ1) is 24.6. The van der Waals surface area contributed by atoms with Crippen molar-refractivity contribution < 1.29 is 21.6 Å². The summed E-state index contributed by atoms with van der Waals surface area (Å²) in [6, 6.07) is 20.3. The molecule has 11 heteroatoms. The Balaban J connectivity index is 1.92. The molecular weight excluding hydrogens is 486 g/mol. The van der Waals surface area contributed by atoms with Gasteiger partial charge in [-0.2, -0.15) is 0 Å². The van der Waals surface area contributed by atoms with Crippen LogP contribution in [0.2, 0.25) is 5.02 Å². The van der Waals surface area contributed by atoms with Crippen LogP contribution in [0.4, 0.5) is 17.1 Å². The molecule has 0 fully saturated rings. The number of carbonyl (C=O) groups excluding carboxylic acids is 1. The summed E-state index contributed by atoms with van der Waals surface area (Å²) in [4.78, 5) is 12.9. The molecule has 0 atom stereocenters. The highest BCUT2D eigenvalue weighted by Crippen LogP contribution is 2.30. The highest BCUT2D eigenvalue weighted by molar-refractivity contribution is 7.93. The Morgan fingerprint density at radius 3 is 2.18 bits per heavy atom. The first-order valence-corrected chi connectivity index (χ1v) is 13.3. The predicted octanol–water partition coefficient (Wildman–Crippen LogP) is 3.57. The fourth-order valence-corrected chi connectivity index (χ4v) is 5.22. The van der Waals surface area contributed by atoms with E-state index in [1.807, 2.05) is 0 Å². The van der Waals surface area contributed by atoms with E-state index in [1.54, 1.807) is 48.5 Å². The molecule has 0 aliphatic carbocycles. The van der Waals surface area contributed by atoms with Gasteiger partial charge in [0, 0.05) is 12.7 Å². The van der Waals surface area contributed by atoms with Crippen molar-refractivity contribution in [2.45, 2.75) is 4.90 Å². The molecule has 3 rings (SSSR count). The fourth-order valence-electron chi connectivity index (χ4n) is 2.98. The topological polar surface area (TPSA) is 104 Å². The lowest BCUT2D eigenvalue weighted by Crippen LogP contribution is -2.38. The van der Waals surface area contributed by atoms with E-state index in [0.717, 1.165) is 14.9 Å². The zero-order valence-electron chi connectivity index (χ0n) is 17.8. The Morgan fingerprint density at radius 2 is 1.55 bits per heavy atom. The highest BCUT2D eigenvalue weighted by Gasteiger charge is 2.28. The Hall–Kier alpha value is -3.08. The van der Waals surface area contributed by atoms with Crippen molar-refractivity contribution in [2.75, 3.05) is 33.8 Å². The van der Waals surface area contributed by atoms with E-state index in [0.29, 0.717) is 11.4 Å². The Kier molecular flexibility index (Phi) is 7.31. The molecule has 0 bridgehead atoms. The number of nitrogens with one attached hydrogen (secondary N) is 1. The van der Waals surface area contributed by atoms with Gasteiger partial charge in [0.15, 0.2) is 0 Å². The molecule has 1 amide bonds. The summed E-state index contributed by atoms with van der Waals surface area (Å²) < 4.78 is 52.3. The fraction of sp³-hybridized carbons (Fsp3) is 0.136. The number of amides is 1. The Labute approximate surface area is 198 Å². The van der Waals surface area contributed by atoms with Gasteiger partial charge < -0.3 is 5.32 Å². The van der Waals surface area contributed by atoms with E-state index in [2.05, 4.69) is 5.32 Å². The second kappa shape index (κ2) is 9.82. The predicted molar refractivity (Wildman–Crippen MR) is 131 cm³/mol. The van der Waals surface area contributed by atoms with E-state index in [9.17, 15) is 21.6 Å². The molecule has 3 aromatic carbocycles. The van der Waals surface area contributed by atoms with Crippen LogP contribution >= 0.6 is 11.6 Å². The van der Waals surface area contributed by atoms with Crippen LogP contribution in [-0.4, -0.2) is 42.6 Å². The number of sulfonamides is 2. The standard InChI is InChI=1S/C22H22ClN3O5S2/c1-25(32(2,28)29)18-10-8-9-17(15-18)24-22(27)16-26(21-14-7-6-13-20(21)23)33(30,31)19-11-4-3-5-12-19/h3-15H,16H2,1-2H3,(H,24,27). The van der Waals surface area contributed by atoms with Crippen molar-refractivity contribution in [3.63, 3.8) is 0 Å². The van der Waals surface area contributed by atoms with Gasteiger partial charge in [-0.05, 0) is 42.5 Å². The van der Waals surface area contributed by atoms with Gasteiger partial charge in [-0.3, -0.25) is 13.4 Å². The van der Waals surface area contributed by atoms with Gasteiger partial charge in [0.1, 0.15) is 6.54 Å².